The summed E-state index contributed by atoms with van der Waals surface area (Å²) in [5, 5.41) is 5.34. The molecule has 26 heavy (non-hydrogen) atoms. The van der Waals surface area contributed by atoms with Crippen LogP contribution in [-0.4, -0.2) is 36.5 Å². The van der Waals surface area contributed by atoms with Crippen molar-refractivity contribution in [1.29, 1.82) is 0 Å². The van der Waals surface area contributed by atoms with E-state index in [4.69, 9.17) is 4.74 Å². The molecule has 1 atom stereocenters. The van der Waals surface area contributed by atoms with E-state index in [-0.39, 0.29) is 11.7 Å². The third-order valence-corrected chi connectivity index (χ3v) is 4.27. The third kappa shape index (κ3) is 3.93. The van der Waals surface area contributed by atoms with Gasteiger partial charge >= 0.3 is 6.03 Å². The Morgan fingerprint density at radius 2 is 1.96 bits per heavy atom. The van der Waals surface area contributed by atoms with Crippen LogP contribution in [0, 0.1) is 5.82 Å². The molecular weight excluding hydrogens is 337 g/mol. The fourth-order valence-corrected chi connectivity index (χ4v) is 2.96. The van der Waals surface area contributed by atoms with Gasteiger partial charge in [-0.05, 0) is 37.1 Å². The maximum absolute atomic E-state index is 13.7. The number of nitrogens with zero attached hydrogens (tertiary/aromatic N) is 1. The zero-order chi connectivity index (χ0) is 18.5. The van der Waals surface area contributed by atoms with Crippen LogP contribution in [0.2, 0.25) is 0 Å². The molecule has 0 spiro atoms. The Morgan fingerprint density at radius 1 is 1.15 bits per heavy atom. The molecule has 2 aromatic carbocycles. The van der Waals surface area contributed by atoms with Crippen molar-refractivity contribution in [2.24, 2.45) is 0 Å². The second-order valence-corrected chi connectivity index (χ2v) is 5.98. The van der Waals surface area contributed by atoms with Crippen LogP contribution in [0.4, 0.5) is 20.6 Å². The molecule has 1 aliphatic heterocycles. The van der Waals surface area contributed by atoms with Gasteiger partial charge in [0.1, 0.15) is 17.6 Å². The number of rotatable bonds is 4. The first kappa shape index (κ1) is 17.7. The van der Waals surface area contributed by atoms with Gasteiger partial charge in [0.25, 0.3) is 0 Å². The minimum Gasteiger partial charge on any atom is -0.497 e. The Kier molecular flexibility index (Phi) is 5.36. The molecule has 1 fully saturated rings. The summed E-state index contributed by atoms with van der Waals surface area (Å²) in [6.45, 7) is 0.463. The monoisotopic (exact) mass is 357 g/mol. The molecule has 1 saturated heterocycles. The Hall–Kier alpha value is -3.09. The minimum atomic E-state index is -0.639. The average Bonchev–Trinajstić information content (AvgIpc) is 3.14. The zero-order valence-corrected chi connectivity index (χ0v) is 14.4. The van der Waals surface area contributed by atoms with Gasteiger partial charge in [0, 0.05) is 18.3 Å². The third-order valence-electron chi connectivity index (χ3n) is 4.27. The number of amides is 3. The van der Waals surface area contributed by atoms with E-state index in [9.17, 15) is 14.0 Å². The van der Waals surface area contributed by atoms with E-state index in [1.54, 1.807) is 43.5 Å². The Morgan fingerprint density at radius 3 is 2.73 bits per heavy atom. The maximum atomic E-state index is 13.7. The van der Waals surface area contributed by atoms with Crippen LogP contribution >= 0.6 is 0 Å². The summed E-state index contributed by atoms with van der Waals surface area (Å²) in [4.78, 5) is 26.6. The van der Waals surface area contributed by atoms with E-state index < -0.39 is 17.8 Å². The highest BCUT2D eigenvalue weighted by Gasteiger charge is 2.34. The van der Waals surface area contributed by atoms with Gasteiger partial charge in [-0.25, -0.2) is 9.18 Å². The van der Waals surface area contributed by atoms with Crippen molar-refractivity contribution in [1.82, 2.24) is 4.90 Å². The lowest BCUT2D eigenvalue weighted by Crippen LogP contribution is -2.45. The first-order valence-electron chi connectivity index (χ1n) is 8.35. The highest BCUT2D eigenvalue weighted by molar-refractivity contribution is 5.99. The molecule has 2 aromatic rings. The predicted octanol–water partition coefficient (Wildman–Crippen LogP) is 3.47. The van der Waals surface area contributed by atoms with Crippen LogP contribution in [0.5, 0.6) is 5.75 Å². The van der Waals surface area contributed by atoms with Crippen LogP contribution in [0.15, 0.2) is 48.5 Å². The molecular formula is C19H20FN3O3. The number of benzene rings is 2. The van der Waals surface area contributed by atoms with Crippen LogP contribution in [0.3, 0.4) is 0 Å². The number of hydrogen-bond donors (Lipinski definition) is 2. The molecule has 0 unspecified atom stereocenters. The smallest absolute Gasteiger partial charge is 0.322 e. The first-order chi connectivity index (χ1) is 12.6. The van der Waals surface area contributed by atoms with Crippen molar-refractivity contribution in [3.8, 4) is 5.75 Å². The number of carbonyl (C=O) groups is 2. The molecule has 0 saturated carbocycles. The van der Waals surface area contributed by atoms with E-state index in [2.05, 4.69) is 10.6 Å². The van der Waals surface area contributed by atoms with Gasteiger partial charge in [-0.15, -0.1) is 0 Å². The molecule has 3 rings (SSSR count). The summed E-state index contributed by atoms with van der Waals surface area (Å²) < 4.78 is 18.9. The zero-order valence-electron chi connectivity index (χ0n) is 14.4. The summed E-state index contributed by atoms with van der Waals surface area (Å²) in [5.74, 6) is -0.280. The number of hydrogen-bond acceptors (Lipinski definition) is 3. The Balaban J connectivity index is 1.68. The largest absolute Gasteiger partial charge is 0.497 e. The molecule has 6 nitrogen and oxygen atoms in total. The minimum absolute atomic E-state index is 0.109. The number of anilines is 2. The quantitative estimate of drug-likeness (QED) is 0.880. The molecule has 7 heteroatoms. The summed E-state index contributed by atoms with van der Waals surface area (Å²) >= 11 is 0. The molecule has 0 radical (unpaired) electrons. The number of para-hydroxylation sites is 1. The lowest BCUT2D eigenvalue weighted by atomic mass is 10.2. The molecule has 3 amide bonds. The van der Waals surface area contributed by atoms with Gasteiger partial charge in [0.2, 0.25) is 5.91 Å². The summed E-state index contributed by atoms with van der Waals surface area (Å²) in [6, 6.07) is 11.9. The van der Waals surface area contributed by atoms with Crippen LogP contribution < -0.4 is 15.4 Å². The fraction of sp³-hybridized carbons (Fsp3) is 0.263. The van der Waals surface area contributed by atoms with Crippen molar-refractivity contribution >= 4 is 23.3 Å². The number of urea groups is 1. The van der Waals surface area contributed by atoms with Crippen molar-refractivity contribution in [2.75, 3.05) is 24.3 Å². The number of halogens is 1. The van der Waals surface area contributed by atoms with Crippen LogP contribution in [0.1, 0.15) is 12.8 Å². The number of carbonyl (C=O) groups excluding carboxylic acids is 2. The fourth-order valence-electron chi connectivity index (χ4n) is 2.96. The molecule has 1 heterocycles. The van der Waals surface area contributed by atoms with E-state index >= 15 is 0 Å². The predicted molar refractivity (Wildman–Crippen MR) is 96.8 cm³/mol. The number of nitrogens with one attached hydrogen (secondary N) is 2. The summed E-state index contributed by atoms with van der Waals surface area (Å²) in [5.41, 5.74) is 0.687. The van der Waals surface area contributed by atoms with Crippen molar-refractivity contribution < 1.29 is 18.7 Å². The number of methoxy groups -OCH3 is 1. The molecule has 1 aliphatic rings. The molecule has 0 bridgehead atoms. The van der Waals surface area contributed by atoms with Crippen molar-refractivity contribution in [3.63, 3.8) is 0 Å². The highest BCUT2D eigenvalue weighted by atomic mass is 19.1. The highest BCUT2D eigenvalue weighted by Crippen LogP contribution is 2.23. The normalized spacial score (nSPS) is 16.2. The van der Waals surface area contributed by atoms with Gasteiger partial charge in [0.15, 0.2) is 0 Å². The average molecular weight is 357 g/mol. The standard InChI is InChI=1S/C19H20FN3O3/c1-26-14-7-4-6-13(12-14)21-19(25)23-11-5-10-17(23)18(24)22-16-9-3-2-8-15(16)20/h2-4,6-9,12,17H,5,10-11H2,1H3,(H,21,25)(H,22,24)/t17-/m1/s1. The SMILES string of the molecule is COc1cccc(NC(=O)N2CCC[C@@H]2C(=O)Nc2ccccc2F)c1. The van der Waals surface area contributed by atoms with Crippen molar-refractivity contribution in [2.45, 2.75) is 18.9 Å². The Bertz CT molecular complexity index is 812. The molecule has 2 N–H and O–H groups in total. The van der Waals surface area contributed by atoms with E-state index in [1.165, 1.54) is 17.0 Å². The van der Waals surface area contributed by atoms with Gasteiger partial charge in [-0.3, -0.25) is 4.79 Å². The van der Waals surface area contributed by atoms with Gasteiger partial charge in [0.05, 0.1) is 12.8 Å². The second kappa shape index (κ2) is 7.86. The number of ether oxygens (including phenoxy) is 1. The van der Waals surface area contributed by atoms with Gasteiger partial charge in [-0.2, -0.15) is 0 Å². The summed E-state index contributed by atoms with van der Waals surface area (Å²) in [6.07, 6.45) is 1.24. The molecule has 136 valence electrons. The maximum Gasteiger partial charge on any atom is 0.322 e. The molecule has 0 aromatic heterocycles. The van der Waals surface area contributed by atoms with Gasteiger partial charge in [-0.1, -0.05) is 18.2 Å². The van der Waals surface area contributed by atoms with Crippen LogP contribution in [-0.2, 0) is 4.79 Å². The Labute approximate surface area is 150 Å². The van der Waals surface area contributed by atoms with E-state index in [0.717, 1.165) is 0 Å². The lowest BCUT2D eigenvalue weighted by Gasteiger charge is -2.24. The van der Waals surface area contributed by atoms with E-state index in [1.807, 2.05) is 0 Å². The second-order valence-electron chi connectivity index (χ2n) is 5.98. The number of likely N-dealkylation sites (tertiary alicyclic amines) is 1. The topological polar surface area (TPSA) is 70.7 Å². The van der Waals surface area contributed by atoms with Crippen LogP contribution in [0.25, 0.3) is 0 Å². The lowest BCUT2D eigenvalue weighted by molar-refractivity contribution is -0.119. The first-order valence-corrected chi connectivity index (χ1v) is 8.35. The van der Waals surface area contributed by atoms with Gasteiger partial charge < -0.3 is 20.3 Å². The molecule has 0 aliphatic carbocycles. The van der Waals surface area contributed by atoms with E-state index in [0.29, 0.717) is 30.8 Å². The summed E-state index contributed by atoms with van der Waals surface area (Å²) in [7, 11) is 1.55. The van der Waals surface area contributed by atoms with Crippen molar-refractivity contribution in [3.05, 3.63) is 54.3 Å².